The molecule has 0 amide bonds. The van der Waals surface area contributed by atoms with Crippen LogP contribution in [0.5, 0.6) is 0 Å². The van der Waals surface area contributed by atoms with Gasteiger partial charge in [0.2, 0.25) is 0 Å². The normalized spacial score (nSPS) is 12.6. The van der Waals surface area contributed by atoms with E-state index in [1.165, 1.54) is 24.3 Å². The van der Waals surface area contributed by atoms with Crippen molar-refractivity contribution < 1.29 is 26.3 Å². The Balaban J connectivity index is 2.77. The number of benzene rings is 2. The van der Waals surface area contributed by atoms with Crippen molar-refractivity contribution >= 4 is 45.7 Å². The first-order valence-corrected chi connectivity index (χ1v) is 27.7. The summed E-state index contributed by atoms with van der Waals surface area (Å²) < 4.78 is 84.4. The van der Waals surface area contributed by atoms with E-state index in [1.54, 1.807) is 6.92 Å². The topological polar surface area (TPSA) is 46.6 Å². The van der Waals surface area contributed by atoms with Gasteiger partial charge in [-0.05, 0) is 0 Å². The maximum atomic E-state index is 16.9. The first-order chi connectivity index (χ1) is 19.2. The van der Waals surface area contributed by atoms with Crippen molar-refractivity contribution in [2.75, 3.05) is 17.6 Å². The standard InChI is InChI=1S/C19H23F3NO3SSi.3C4H9.Sn/c1-14-5-6-16(21)12-19(14)27(24,25)23(13-26-9-10-28(2,3)4)18-8-7-15(20)11-17(18)22;3*1-3-4-2;/h5-8,12H,9-10,13H2,1-4H3;3*1,3-4H2,2H3;. The summed E-state index contributed by atoms with van der Waals surface area (Å²) in [4.78, 5) is -0.255. The van der Waals surface area contributed by atoms with E-state index in [9.17, 15) is 12.8 Å². The molecule has 0 aliphatic carbocycles. The molecule has 2 rings (SSSR count). The second kappa shape index (κ2) is 16.1. The summed E-state index contributed by atoms with van der Waals surface area (Å²) in [5.41, 5.74) is 0.118. The number of anilines is 1. The van der Waals surface area contributed by atoms with Gasteiger partial charge in [0.1, 0.15) is 0 Å². The van der Waals surface area contributed by atoms with Crippen LogP contribution in [0.3, 0.4) is 0 Å². The van der Waals surface area contributed by atoms with Gasteiger partial charge in [0, 0.05) is 0 Å². The Morgan fingerprint density at radius 3 is 1.95 bits per heavy atom. The van der Waals surface area contributed by atoms with Crippen LogP contribution in [-0.4, -0.2) is 48.2 Å². The zero-order valence-corrected chi connectivity index (χ0v) is 30.8. The van der Waals surface area contributed by atoms with Crippen LogP contribution >= 0.6 is 0 Å². The van der Waals surface area contributed by atoms with Crippen molar-refractivity contribution in [3.05, 3.63) is 53.3 Å². The number of rotatable bonds is 18. The van der Waals surface area contributed by atoms with Gasteiger partial charge >= 0.3 is 253 Å². The third kappa shape index (κ3) is 9.73. The summed E-state index contributed by atoms with van der Waals surface area (Å²) in [5.74, 6) is -2.05. The summed E-state index contributed by atoms with van der Waals surface area (Å²) in [5, 5.41) is 0. The van der Waals surface area contributed by atoms with E-state index in [4.69, 9.17) is 4.74 Å². The zero-order chi connectivity index (χ0) is 30.8. The van der Waals surface area contributed by atoms with Crippen LogP contribution < -0.4 is 7.88 Å². The molecule has 0 saturated carbocycles. The Morgan fingerprint density at radius 1 is 0.878 bits per heavy atom. The quantitative estimate of drug-likeness (QED) is 0.0878. The molecular formula is C31H50F3NO3SSiSn. The molecule has 41 heavy (non-hydrogen) atoms. The fourth-order valence-electron chi connectivity index (χ4n) is 5.28. The van der Waals surface area contributed by atoms with E-state index >= 15 is 8.78 Å². The number of ether oxygens (including phenoxy) is 1. The summed E-state index contributed by atoms with van der Waals surface area (Å²) in [7, 11) is -5.91. The molecule has 0 heterocycles. The second-order valence-electron chi connectivity index (χ2n) is 12.5. The molecule has 0 atom stereocenters. The first kappa shape index (κ1) is 36.1. The number of hydrogen-bond donors (Lipinski definition) is 0. The molecule has 0 radical (unpaired) electrons. The van der Waals surface area contributed by atoms with Crippen LogP contribution in [0.1, 0.15) is 64.9 Å². The third-order valence-corrected chi connectivity index (χ3v) is 27.0. The van der Waals surface area contributed by atoms with Crippen molar-refractivity contribution in [3.8, 4) is 0 Å². The second-order valence-corrected chi connectivity index (χ2v) is 32.9. The van der Waals surface area contributed by atoms with Crippen molar-refractivity contribution in [2.45, 2.75) is 110 Å². The van der Waals surface area contributed by atoms with Gasteiger partial charge in [-0.1, -0.05) is 0 Å². The van der Waals surface area contributed by atoms with E-state index < -0.39 is 60.7 Å². The van der Waals surface area contributed by atoms with E-state index in [2.05, 4.69) is 40.4 Å². The molecule has 0 fully saturated rings. The minimum absolute atomic E-state index is 0.172. The van der Waals surface area contributed by atoms with Crippen LogP contribution in [-0.2, 0) is 14.8 Å². The van der Waals surface area contributed by atoms with Gasteiger partial charge in [0.05, 0.1) is 0 Å². The molecule has 10 heteroatoms. The SMILES string of the molecule is CCC[CH2][Sn]([CH2]CCC)([CH2]CCC)[c]1c(F)ccc(N(COCC[Si](C)(C)C)S(=O)(=O)c2cc(F)ccc2C)c1F. The van der Waals surface area contributed by atoms with Gasteiger partial charge in [0.15, 0.2) is 0 Å². The predicted octanol–water partition coefficient (Wildman–Crippen LogP) is 8.98. The number of sulfonamides is 1. The molecule has 0 aliphatic heterocycles. The molecule has 0 unspecified atom stereocenters. The van der Waals surface area contributed by atoms with Crippen LogP contribution in [0, 0.1) is 24.4 Å². The zero-order valence-electron chi connectivity index (χ0n) is 26.1. The number of halogens is 3. The molecule has 0 saturated heterocycles. The minimum atomic E-state index is -4.43. The number of unbranched alkanes of at least 4 members (excludes halogenated alkanes) is 3. The van der Waals surface area contributed by atoms with Crippen LogP contribution in [0.15, 0.2) is 35.2 Å². The average Bonchev–Trinajstić information content (AvgIpc) is 2.90. The monoisotopic (exact) mass is 721 g/mol. The van der Waals surface area contributed by atoms with Crippen molar-refractivity contribution in [3.63, 3.8) is 0 Å². The van der Waals surface area contributed by atoms with Crippen LogP contribution in [0.25, 0.3) is 0 Å². The van der Waals surface area contributed by atoms with Gasteiger partial charge in [-0.15, -0.1) is 0 Å². The van der Waals surface area contributed by atoms with E-state index in [-0.39, 0.29) is 14.2 Å². The molecule has 0 N–H and O–H groups in total. The van der Waals surface area contributed by atoms with Crippen LogP contribution in [0.4, 0.5) is 18.9 Å². The van der Waals surface area contributed by atoms with E-state index in [1.807, 2.05) is 0 Å². The average molecular weight is 721 g/mol. The molecule has 0 bridgehead atoms. The Kier molecular flexibility index (Phi) is 14.2. The molecule has 232 valence electrons. The summed E-state index contributed by atoms with van der Waals surface area (Å²) >= 11 is -3.68. The Hall–Kier alpha value is -1.04. The number of aryl methyl sites for hydroxylation is 1. The summed E-state index contributed by atoms with van der Waals surface area (Å²) in [6, 6.07) is 6.76. The Labute approximate surface area is 252 Å². The van der Waals surface area contributed by atoms with E-state index in [0.29, 0.717) is 12.2 Å². The van der Waals surface area contributed by atoms with Gasteiger partial charge in [-0.2, -0.15) is 0 Å². The fraction of sp³-hybridized carbons (Fsp3) is 0.613. The first-order valence-electron chi connectivity index (χ1n) is 15.1. The predicted molar refractivity (Wildman–Crippen MR) is 171 cm³/mol. The fourth-order valence-corrected chi connectivity index (χ4v) is 24.1. The summed E-state index contributed by atoms with van der Waals surface area (Å²) in [6.07, 6.45) is 5.50. The van der Waals surface area contributed by atoms with Gasteiger partial charge in [-0.25, -0.2) is 0 Å². The van der Waals surface area contributed by atoms with Crippen molar-refractivity contribution in [1.29, 1.82) is 0 Å². The van der Waals surface area contributed by atoms with E-state index in [0.717, 1.165) is 68.3 Å². The number of hydrogen-bond acceptors (Lipinski definition) is 3. The van der Waals surface area contributed by atoms with Gasteiger partial charge < -0.3 is 0 Å². The van der Waals surface area contributed by atoms with Gasteiger partial charge in [0.25, 0.3) is 0 Å². The Bertz CT molecular complexity index is 1220. The van der Waals surface area contributed by atoms with Crippen LogP contribution in [0.2, 0.25) is 39.0 Å². The number of nitrogens with zero attached hydrogens (tertiary/aromatic N) is 1. The molecular weight excluding hydrogens is 670 g/mol. The third-order valence-electron chi connectivity index (χ3n) is 7.82. The molecule has 2 aromatic carbocycles. The van der Waals surface area contributed by atoms with Crippen molar-refractivity contribution in [2.24, 2.45) is 0 Å². The molecule has 2 aromatic rings. The maximum absolute atomic E-state index is 16.9. The molecule has 0 aliphatic rings. The Morgan fingerprint density at radius 2 is 1.44 bits per heavy atom. The van der Waals surface area contributed by atoms with Crippen molar-refractivity contribution in [1.82, 2.24) is 0 Å². The molecule has 0 spiro atoms. The van der Waals surface area contributed by atoms with Gasteiger partial charge in [-0.3, -0.25) is 0 Å². The molecule has 4 nitrogen and oxygen atoms in total. The summed E-state index contributed by atoms with van der Waals surface area (Å²) in [6.45, 7) is 14.3. The molecule has 0 aromatic heterocycles.